The van der Waals surface area contributed by atoms with Crippen molar-refractivity contribution in [2.24, 2.45) is 0 Å². The highest BCUT2D eigenvalue weighted by atomic mass is 16.5. The van der Waals surface area contributed by atoms with Crippen molar-refractivity contribution in [3.63, 3.8) is 0 Å². The molecule has 1 amide bonds. The molecule has 0 saturated heterocycles. The Kier molecular flexibility index (Phi) is 8.83. The highest BCUT2D eigenvalue weighted by Crippen LogP contribution is 2.25. The third-order valence-corrected chi connectivity index (χ3v) is 5.26. The Labute approximate surface area is 203 Å². The van der Waals surface area contributed by atoms with Crippen LogP contribution in [0.15, 0.2) is 66.7 Å². The maximum Gasteiger partial charge on any atom is 0.340 e. The van der Waals surface area contributed by atoms with E-state index in [1.807, 2.05) is 24.3 Å². The van der Waals surface area contributed by atoms with Crippen molar-refractivity contribution in [1.82, 2.24) is 0 Å². The zero-order valence-electron chi connectivity index (χ0n) is 19.8. The summed E-state index contributed by atoms with van der Waals surface area (Å²) in [6.45, 7) is -0.485. The van der Waals surface area contributed by atoms with Gasteiger partial charge in [0.15, 0.2) is 6.61 Å². The molecule has 0 fully saturated rings. The van der Waals surface area contributed by atoms with Crippen molar-refractivity contribution >= 4 is 23.3 Å². The second-order valence-electron chi connectivity index (χ2n) is 7.51. The number of ether oxygens (including phenoxy) is 4. The molecule has 8 heteroatoms. The monoisotopic (exact) mass is 477 g/mol. The number of hydrogen-bond acceptors (Lipinski definition) is 7. The second kappa shape index (κ2) is 12.2. The Balaban J connectivity index is 1.60. The number of Topliss-reactive ketones (excluding diaryl/α,β-unsaturated/α-hetero) is 1. The Morgan fingerprint density at radius 3 is 2.14 bits per heavy atom. The minimum absolute atomic E-state index is 0.153. The van der Waals surface area contributed by atoms with Crippen LogP contribution < -0.4 is 19.5 Å². The Bertz CT molecular complexity index is 1190. The van der Waals surface area contributed by atoms with E-state index in [1.54, 1.807) is 43.5 Å². The molecule has 0 saturated carbocycles. The van der Waals surface area contributed by atoms with Crippen molar-refractivity contribution in [2.75, 3.05) is 33.3 Å². The molecule has 1 N–H and O–H groups in total. The van der Waals surface area contributed by atoms with Crippen molar-refractivity contribution in [3.8, 4) is 17.2 Å². The number of anilines is 1. The zero-order chi connectivity index (χ0) is 25.2. The third kappa shape index (κ3) is 6.83. The lowest BCUT2D eigenvalue weighted by molar-refractivity contribution is -0.116. The smallest absolute Gasteiger partial charge is 0.340 e. The van der Waals surface area contributed by atoms with Crippen LogP contribution in [-0.2, 0) is 16.0 Å². The Hall–Kier alpha value is -4.33. The van der Waals surface area contributed by atoms with E-state index in [2.05, 4.69) is 5.32 Å². The fraction of sp³-hybridized carbons (Fsp3) is 0.222. The number of aryl methyl sites for hydroxylation is 1. The van der Waals surface area contributed by atoms with Gasteiger partial charge in [-0.3, -0.25) is 9.59 Å². The summed E-state index contributed by atoms with van der Waals surface area (Å²) in [6, 6.07) is 18.7. The summed E-state index contributed by atoms with van der Waals surface area (Å²) in [5.41, 5.74) is 1.72. The fourth-order valence-electron chi connectivity index (χ4n) is 3.35. The summed E-state index contributed by atoms with van der Waals surface area (Å²) in [4.78, 5) is 37.8. The number of benzene rings is 3. The fourth-order valence-corrected chi connectivity index (χ4v) is 3.35. The van der Waals surface area contributed by atoms with Gasteiger partial charge in [-0.25, -0.2) is 4.79 Å². The minimum Gasteiger partial charge on any atom is -0.497 e. The molecule has 0 heterocycles. The molecule has 0 spiro atoms. The Morgan fingerprint density at radius 1 is 0.771 bits per heavy atom. The van der Waals surface area contributed by atoms with E-state index in [0.29, 0.717) is 23.6 Å². The Morgan fingerprint density at radius 2 is 1.46 bits per heavy atom. The van der Waals surface area contributed by atoms with E-state index >= 15 is 0 Å². The first-order valence-electron chi connectivity index (χ1n) is 10.9. The number of methoxy groups -OCH3 is 3. The molecule has 0 atom stereocenters. The second-order valence-corrected chi connectivity index (χ2v) is 7.51. The molecule has 0 unspecified atom stereocenters. The minimum atomic E-state index is -0.725. The number of hydrogen-bond donors (Lipinski definition) is 1. The highest BCUT2D eigenvalue weighted by molar-refractivity contribution is 6.04. The summed E-state index contributed by atoms with van der Waals surface area (Å²) in [5, 5.41) is 2.75. The van der Waals surface area contributed by atoms with Gasteiger partial charge in [-0.1, -0.05) is 24.3 Å². The number of amides is 1. The molecule has 0 aliphatic heterocycles. The van der Waals surface area contributed by atoms with Gasteiger partial charge >= 0.3 is 5.97 Å². The first-order chi connectivity index (χ1) is 16.9. The number of carbonyl (C=O) groups excluding carboxylic acids is 3. The SMILES string of the molecule is COc1ccc(CCC(=O)Nc2ccccc2C(=O)OCC(=O)c2ccc(OC)cc2OC)cc1. The van der Waals surface area contributed by atoms with Gasteiger partial charge in [0.25, 0.3) is 0 Å². The average molecular weight is 478 g/mol. The zero-order valence-corrected chi connectivity index (χ0v) is 19.8. The van der Waals surface area contributed by atoms with Crippen LogP contribution in [0.5, 0.6) is 17.2 Å². The van der Waals surface area contributed by atoms with Crippen LogP contribution in [0.25, 0.3) is 0 Å². The van der Waals surface area contributed by atoms with Gasteiger partial charge in [0.1, 0.15) is 17.2 Å². The van der Waals surface area contributed by atoms with E-state index < -0.39 is 18.4 Å². The van der Waals surface area contributed by atoms with Gasteiger partial charge in [0.2, 0.25) is 11.7 Å². The highest BCUT2D eigenvalue weighted by Gasteiger charge is 2.19. The molecular weight excluding hydrogens is 450 g/mol. The van der Waals surface area contributed by atoms with E-state index in [-0.39, 0.29) is 23.5 Å². The van der Waals surface area contributed by atoms with Crippen LogP contribution in [0.1, 0.15) is 32.7 Å². The molecular formula is C27H27NO7. The summed E-state index contributed by atoms with van der Waals surface area (Å²) < 4.78 is 20.7. The normalized spacial score (nSPS) is 10.3. The van der Waals surface area contributed by atoms with Crippen LogP contribution >= 0.6 is 0 Å². The number of rotatable bonds is 11. The molecule has 3 aromatic carbocycles. The van der Waals surface area contributed by atoms with Crippen molar-refractivity contribution in [1.29, 1.82) is 0 Å². The van der Waals surface area contributed by atoms with E-state index in [9.17, 15) is 14.4 Å². The van der Waals surface area contributed by atoms with Crippen molar-refractivity contribution in [3.05, 3.63) is 83.4 Å². The lowest BCUT2D eigenvalue weighted by atomic mass is 10.1. The molecule has 0 bridgehead atoms. The molecule has 8 nitrogen and oxygen atoms in total. The van der Waals surface area contributed by atoms with Crippen LogP contribution in [0, 0.1) is 0 Å². The quantitative estimate of drug-likeness (QED) is 0.324. The molecule has 182 valence electrons. The molecule has 3 rings (SSSR count). The topological polar surface area (TPSA) is 100 Å². The lowest BCUT2D eigenvalue weighted by Crippen LogP contribution is -2.18. The van der Waals surface area contributed by atoms with Gasteiger partial charge in [-0.2, -0.15) is 0 Å². The predicted octanol–water partition coefficient (Wildman–Crippen LogP) is 4.32. The third-order valence-electron chi connectivity index (χ3n) is 5.26. The first-order valence-corrected chi connectivity index (χ1v) is 10.9. The average Bonchev–Trinajstić information content (AvgIpc) is 2.90. The summed E-state index contributed by atoms with van der Waals surface area (Å²) >= 11 is 0. The van der Waals surface area contributed by atoms with Gasteiger partial charge < -0.3 is 24.3 Å². The predicted molar refractivity (Wildman–Crippen MR) is 131 cm³/mol. The van der Waals surface area contributed by atoms with Gasteiger partial charge in [-0.15, -0.1) is 0 Å². The molecule has 0 radical (unpaired) electrons. The summed E-state index contributed by atoms with van der Waals surface area (Å²) in [7, 11) is 4.54. The summed E-state index contributed by atoms with van der Waals surface area (Å²) in [6.07, 6.45) is 0.756. The van der Waals surface area contributed by atoms with Crippen molar-refractivity contribution in [2.45, 2.75) is 12.8 Å². The number of para-hydroxylation sites is 1. The molecule has 0 aromatic heterocycles. The largest absolute Gasteiger partial charge is 0.497 e. The van der Waals surface area contributed by atoms with Crippen LogP contribution in [0.4, 0.5) is 5.69 Å². The van der Waals surface area contributed by atoms with Crippen LogP contribution in [0.2, 0.25) is 0 Å². The number of ketones is 1. The van der Waals surface area contributed by atoms with E-state index in [0.717, 1.165) is 11.3 Å². The van der Waals surface area contributed by atoms with Crippen LogP contribution in [0.3, 0.4) is 0 Å². The van der Waals surface area contributed by atoms with Gasteiger partial charge in [0, 0.05) is 12.5 Å². The van der Waals surface area contributed by atoms with E-state index in [1.165, 1.54) is 20.3 Å². The number of esters is 1. The molecule has 3 aromatic rings. The molecule has 0 aliphatic rings. The van der Waals surface area contributed by atoms with E-state index in [4.69, 9.17) is 18.9 Å². The first kappa shape index (κ1) is 25.3. The van der Waals surface area contributed by atoms with Gasteiger partial charge in [0.05, 0.1) is 38.1 Å². The van der Waals surface area contributed by atoms with Gasteiger partial charge in [-0.05, 0) is 48.4 Å². The number of carbonyl (C=O) groups is 3. The maximum atomic E-state index is 12.7. The maximum absolute atomic E-state index is 12.7. The standard InChI is InChI=1S/C27H27NO7/c1-32-19-11-8-18(9-12-19)10-15-26(30)28-23-7-5-4-6-21(23)27(31)35-17-24(29)22-14-13-20(33-2)16-25(22)34-3/h4-9,11-14,16H,10,15,17H2,1-3H3,(H,28,30). The van der Waals surface area contributed by atoms with Crippen LogP contribution in [-0.4, -0.2) is 45.6 Å². The molecule has 0 aliphatic carbocycles. The lowest BCUT2D eigenvalue weighted by Gasteiger charge is -2.12. The molecule has 35 heavy (non-hydrogen) atoms. The number of nitrogens with one attached hydrogen (secondary N) is 1. The van der Waals surface area contributed by atoms with Crippen molar-refractivity contribution < 1.29 is 33.3 Å². The summed E-state index contributed by atoms with van der Waals surface area (Å²) in [5.74, 6) is 0.187.